The molecule has 2 N–H and O–H groups in total. The average molecular weight is 345 g/mol. The maximum atomic E-state index is 12.4. The number of nitrogens with one attached hydrogen (secondary N) is 2. The smallest absolute Gasteiger partial charge is 0.331 e. The van der Waals surface area contributed by atoms with Crippen LogP contribution in [0.2, 0.25) is 0 Å². The molecule has 0 fully saturated rings. The molecule has 3 aromatic rings. The summed E-state index contributed by atoms with van der Waals surface area (Å²) >= 11 is 0. The number of carbonyl (C=O) groups is 2. The Hall–Kier alpha value is -3.67. The van der Waals surface area contributed by atoms with Crippen LogP contribution in [0, 0.1) is 6.92 Å². The van der Waals surface area contributed by atoms with Crippen LogP contribution in [0.15, 0.2) is 71.2 Å². The second-order valence-electron chi connectivity index (χ2n) is 6.12. The lowest BCUT2D eigenvalue weighted by atomic mass is 10.1. The van der Waals surface area contributed by atoms with E-state index in [2.05, 4.69) is 10.3 Å². The molecule has 2 aromatic carbocycles. The summed E-state index contributed by atoms with van der Waals surface area (Å²) in [6.07, 6.45) is 3.72. The number of hydrogen-bond acceptors (Lipinski definition) is 4. The normalized spacial score (nSPS) is 14.0. The van der Waals surface area contributed by atoms with Crippen LogP contribution in [-0.2, 0) is 9.59 Å². The van der Waals surface area contributed by atoms with Gasteiger partial charge in [0.2, 0.25) is 5.78 Å². The van der Waals surface area contributed by atoms with E-state index in [0.717, 1.165) is 16.8 Å². The van der Waals surface area contributed by atoms with Gasteiger partial charge in [0.15, 0.2) is 5.78 Å². The summed E-state index contributed by atoms with van der Waals surface area (Å²) in [6.45, 7) is 1.99. The van der Waals surface area contributed by atoms with Gasteiger partial charge in [-0.15, -0.1) is 0 Å². The number of H-pyrrole nitrogens is 1. The Morgan fingerprint density at radius 1 is 0.962 bits per heavy atom. The first-order valence-corrected chi connectivity index (χ1v) is 8.08. The van der Waals surface area contributed by atoms with Crippen molar-refractivity contribution in [3.63, 3.8) is 0 Å². The van der Waals surface area contributed by atoms with Crippen molar-refractivity contribution >= 4 is 28.3 Å². The van der Waals surface area contributed by atoms with E-state index < -0.39 is 0 Å². The van der Waals surface area contributed by atoms with E-state index in [1.807, 2.05) is 31.2 Å². The van der Waals surface area contributed by atoms with Gasteiger partial charge in [-0.25, -0.2) is 4.79 Å². The second-order valence-corrected chi connectivity index (χ2v) is 6.12. The Bertz CT molecular complexity index is 1160. The number of hydrogen-bond donors (Lipinski definition) is 2. The Labute approximate surface area is 148 Å². The first kappa shape index (κ1) is 15.8. The molecule has 128 valence electrons. The van der Waals surface area contributed by atoms with Crippen LogP contribution in [0.5, 0.6) is 0 Å². The molecule has 6 nitrogen and oxygen atoms in total. The zero-order valence-electron chi connectivity index (χ0n) is 13.9. The molecule has 0 amide bonds. The summed E-state index contributed by atoms with van der Waals surface area (Å²) in [6, 6.07) is 13.0. The highest BCUT2D eigenvalue weighted by Gasteiger charge is 2.14. The minimum absolute atomic E-state index is 0.206. The maximum Gasteiger partial charge on any atom is 0.331 e. The topological polar surface area (TPSA) is 84.0 Å². The summed E-state index contributed by atoms with van der Waals surface area (Å²) < 4.78 is 1.59. The van der Waals surface area contributed by atoms with Gasteiger partial charge in [-0.05, 0) is 49.4 Å². The molecular formula is C20H15N3O3. The average Bonchev–Trinajstić information content (AvgIpc) is 2.94. The number of nitrogens with zero attached hydrogens (tertiary/aromatic N) is 1. The molecule has 1 aliphatic carbocycles. The van der Waals surface area contributed by atoms with Crippen molar-refractivity contribution in [2.24, 2.45) is 0 Å². The molecule has 0 radical (unpaired) electrons. The predicted octanol–water partition coefficient (Wildman–Crippen LogP) is 2.63. The van der Waals surface area contributed by atoms with Crippen LogP contribution in [0.4, 0.5) is 5.69 Å². The number of anilines is 1. The Morgan fingerprint density at radius 2 is 1.73 bits per heavy atom. The van der Waals surface area contributed by atoms with Crippen LogP contribution in [0.1, 0.15) is 5.56 Å². The van der Waals surface area contributed by atoms with Crippen LogP contribution in [0.3, 0.4) is 0 Å². The van der Waals surface area contributed by atoms with Gasteiger partial charge >= 0.3 is 5.69 Å². The van der Waals surface area contributed by atoms with Gasteiger partial charge in [0.25, 0.3) is 0 Å². The molecule has 0 spiro atoms. The molecular weight excluding hydrogens is 330 g/mol. The van der Waals surface area contributed by atoms with Gasteiger partial charge in [0.05, 0.1) is 22.4 Å². The van der Waals surface area contributed by atoms with E-state index in [1.165, 1.54) is 18.2 Å². The molecule has 0 saturated carbocycles. The predicted molar refractivity (Wildman–Crippen MR) is 99.5 cm³/mol. The summed E-state index contributed by atoms with van der Waals surface area (Å²) in [5.41, 5.74) is 3.81. The van der Waals surface area contributed by atoms with Gasteiger partial charge in [-0.2, -0.15) is 0 Å². The number of carbonyl (C=O) groups excluding carboxylic acids is 2. The van der Waals surface area contributed by atoms with Crippen molar-refractivity contribution in [1.29, 1.82) is 0 Å². The van der Waals surface area contributed by atoms with E-state index in [4.69, 9.17) is 0 Å². The van der Waals surface area contributed by atoms with Gasteiger partial charge in [-0.3, -0.25) is 14.2 Å². The van der Waals surface area contributed by atoms with E-state index in [-0.39, 0.29) is 23.0 Å². The lowest BCUT2D eigenvalue weighted by molar-refractivity contribution is -0.114. The number of aryl methyl sites for hydroxylation is 1. The third-order valence-electron chi connectivity index (χ3n) is 4.20. The molecule has 1 aromatic heterocycles. The van der Waals surface area contributed by atoms with Crippen LogP contribution in [0.25, 0.3) is 16.7 Å². The molecule has 0 atom stereocenters. The Balaban J connectivity index is 1.73. The number of rotatable bonds is 3. The van der Waals surface area contributed by atoms with Crippen molar-refractivity contribution in [3.8, 4) is 5.69 Å². The lowest BCUT2D eigenvalue weighted by Crippen LogP contribution is -2.14. The summed E-state index contributed by atoms with van der Waals surface area (Å²) in [7, 11) is 0. The number of aromatic amines is 1. The van der Waals surface area contributed by atoms with Crippen molar-refractivity contribution in [2.75, 3.05) is 5.32 Å². The van der Waals surface area contributed by atoms with E-state index in [0.29, 0.717) is 11.2 Å². The van der Waals surface area contributed by atoms with Crippen molar-refractivity contribution in [1.82, 2.24) is 9.55 Å². The van der Waals surface area contributed by atoms with Gasteiger partial charge in [-0.1, -0.05) is 17.7 Å². The zero-order valence-corrected chi connectivity index (χ0v) is 13.9. The number of fused-ring (bicyclic) bond motifs is 1. The highest BCUT2D eigenvalue weighted by Crippen LogP contribution is 2.21. The molecule has 0 bridgehead atoms. The Morgan fingerprint density at radius 3 is 2.50 bits per heavy atom. The number of imidazole rings is 1. The van der Waals surface area contributed by atoms with Crippen LogP contribution >= 0.6 is 0 Å². The van der Waals surface area contributed by atoms with Crippen molar-refractivity contribution in [3.05, 3.63) is 82.4 Å². The quantitative estimate of drug-likeness (QED) is 0.715. The SMILES string of the molecule is Cc1ccc(-n2c(=O)[nH]c3cc(NC4=CC(=O)C=CC4=O)ccc32)cc1. The third kappa shape index (κ3) is 2.77. The van der Waals surface area contributed by atoms with Gasteiger partial charge in [0.1, 0.15) is 0 Å². The summed E-state index contributed by atoms with van der Waals surface area (Å²) in [5, 5.41) is 2.94. The zero-order chi connectivity index (χ0) is 18.3. The highest BCUT2D eigenvalue weighted by atomic mass is 16.1. The molecule has 1 heterocycles. The monoisotopic (exact) mass is 345 g/mol. The number of aromatic nitrogens is 2. The molecule has 1 aliphatic rings. The number of allylic oxidation sites excluding steroid dienone is 3. The molecule has 0 saturated heterocycles. The fourth-order valence-corrected chi connectivity index (χ4v) is 2.90. The Kier molecular flexibility index (Phi) is 3.65. The standard InChI is InChI=1S/C20H15N3O3/c1-12-2-5-14(6-3-12)23-18-8-4-13(10-16(18)22-20(23)26)21-17-11-15(24)7-9-19(17)25/h2-11,21H,1H3,(H,22,26). The van der Waals surface area contributed by atoms with E-state index in [1.54, 1.807) is 22.8 Å². The fourth-order valence-electron chi connectivity index (χ4n) is 2.90. The van der Waals surface area contributed by atoms with Crippen molar-refractivity contribution < 1.29 is 9.59 Å². The molecule has 4 rings (SSSR count). The van der Waals surface area contributed by atoms with Gasteiger partial charge in [0, 0.05) is 11.8 Å². The van der Waals surface area contributed by atoms with Gasteiger partial charge < -0.3 is 10.3 Å². The van der Waals surface area contributed by atoms with E-state index >= 15 is 0 Å². The molecule has 6 heteroatoms. The molecule has 26 heavy (non-hydrogen) atoms. The largest absolute Gasteiger partial charge is 0.352 e. The summed E-state index contributed by atoms with van der Waals surface area (Å²) in [5.74, 6) is -0.512. The van der Waals surface area contributed by atoms with Crippen molar-refractivity contribution in [2.45, 2.75) is 6.92 Å². The second kappa shape index (κ2) is 6.00. The molecule has 0 unspecified atom stereocenters. The van der Waals surface area contributed by atoms with Crippen LogP contribution in [-0.4, -0.2) is 21.1 Å². The number of ketones is 2. The maximum absolute atomic E-state index is 12.4. The minimum atomic E-state index is -0.268. The van der Waals surface area contributed by atoms with Crippen LogP contribution < -0.4 is 11.0 Å². The first-order chi connectivity index (χ1) is 12.5. The highest BCUT2D eigenvalue weighted by molar-refractivity contribution is 6.18. The third-order valence-corrected chi connectivity index (χ3v) is 4.20. The fraction of sp³-hybridized carbons (Fsp3) is 0.0500. The minimum Gasteiger partial charge on any atom is -0.352 e. The first-order valence-electron chi connectivity index (χ1n) is 8.08. The molecule has 0 aliphatic heterocycles. The summed E-state index contributed by atoms with van der Waals surface area (Å²) in [4.78, 5) is 38.5. The van der Waals surface area contributed by atoms with E-state index in [9.17, 15) is 14.4 Å². The lowest BCUT2D eigenvalue weighted by Gasteiger charge is -2.10. The number of benzene rings is 2.